The van der Waals surface area contributed by atoms with E-state index in [2.05, 4.69) is 24.1 Å². The highest BCUT2D eigenvalue weighted by molar-refractivity contribution is 7.80. The minimum Gasteiger partial charge on any atom is -0.375 e. The predicted octanol–water partition coefficient (Wildman–Crippen LogP) is 1.60. The second kappa shape index (κ2) is 4.06. The summed E-state index contributed by atoms with van der Waals surface area (Å²) in [5.74, 6) is 0.590. The van der Waals surface area contributed by atoms with Crippen molar-refractivity contribution in [1.82, 2.24) is 5.01 Å². The molecule has 15 heavy (non-hydrogen) atoms. The maximum Gasteiger partial charge on any atom is 0.185 e. The third-order valence-electron chi connectivity index (χ3n) is 2.57. The summed E-state index contributed by atoms with van der Waals surface area (Å²) in [6.07, 6.45) is 0. The van der Waals surface area contributed by atoms with E-state index in [9.17, 15) is 0 Å². The third kappa shape index (κ3) is 2.04. The van der Waals surface area contributed by atoms with Gasteiger partial charge in [0.2, 0.25) is 0 Å². The molecule has 0 aromatic heterocycles. The summed E-state index contributed by atoms with van der Waals surface area (Å²) >= 11 is 5.05. The first-order valence-electron chi connectivity index (χ1n) is 5.08. The standard InChI is InChI=1S/C11H15N3S/c1-9-7-13(14(8-9)11(12)15)10-5-3-2-4-6-10/h2-6,9H,7-8H2,1H3,(H2,12,15)/t9-/m1/s1. The molecule has 2 N–H and O–H groups in total. The van der Waals surface area contributed by atoms with E-state index in [0.29, 0.717) is 11.0 Å². The maximum atomic E-state index is 5.70. The number of hydrogen-bond donors (Lipinski definition) is 1. The van der Waals surface area contributed by atoms with Crippen molar-refractivity contribution in [1.29, 1.82) is 0 Å². The Morgan fingerprint density at radius 2 is 2.00 bits per heavy atom. The average molecular weight is 221 g/mol. The normalized spacial score (nSPS) is 20.7. The van der Waals surface area contributed by atoms with Gasteiger partial charge in [-0.1, -0.05) is 25.1 Å². The van der Waals surface area contributed by atoms with Crippen LogP contribution in [0.3, 0.4) is 0 Å². The Hall–Kier alpha value is -1.29. The van der Waals surface area contributed by atoms with E-state index in [-0.39, 0.29) is 0 Å². The molecule has 1 heterocycles. The molecule has 1 aromatic carbocycles. The summed E-state index contributed by atoms with van der Waals surface area (Å²) in [7, 11) is 0. The van der Waals surface area contributed by atoms with Crippen LogP contribution in [0.2, 0.25) is 0 Å². The molecule has 1 aliphatic rings. The van der Waals surface area contributed by atoms with Gasteiger partial charge in [-0.25, -0.2) is 0 Å². The summed E-state index contributed by atoms with van der Waals surface area (Å²) in [6, 6.07) is 10.2. The Labute approximate surface area is 95.4 Å². The smallest absolute Gasteiger partial charge is 0.185 e. The number of nitrogens with zero attached hydrogens (tertiary/aromatic N) is 2. The van der Waals surface area contributed by atoms with Crippen LogP contribution in [-0.2, 0) is 0 Å². The lowest BCUT2D eigenvalue weighted by Crippen LogP contribution is -2.44. The SMILES string of the molecule is C[C@H]1CN(C(N)=S)N(c2ccccc2)C1. The molecule has 0 amide bonds. The fourth-order valence-corrected chi connectivity index (χ4v) is 2.07. The Bertz CT molecular complexity index is 352. The Morgan fingerprint density at radius 3 is 2.60 bits per heavy atom. The summed E-state index contributed by atoms with van der Waals surface area (Å²) in [5.41, 5.74) is 6.85. The molecule has 0 unspecified atom stereocenters. The van der Waals surface area contributed by atoms with Crippen molar-refractivity contribution in [3.63, 3.8) is 0 Å². The van der Waals surface area contributed by atoms with Crippen molar-refractivity contribution in [3.05, 3.63) is 30.3 Å². The average Bonchev–Trinajstić information content (AvgIpc) is 2.62. The van der Waals surface area contributed by atoms with Crippen LogP contribution >= 0.6 is 12.2 Å². The zero-order chi connectivity index (χ0) is 10.8. The molecule has 80 valence electrons. The minimum absolute atomic E-state index is 0.447. The van der Waals surface area contributed by atoms with Gasteiger partial charge in [-0.3, -0.25) is 10.0 Å². The molecule has 1 aromatic rings. The van der Waals surface area contributed by atoms with Crippen LogP contribution in [-0.4, -0.2) is 23.2 Å². The summed E-state index contributed by atoms with van der Waals surface area (Å²) in [4.78, 5) is 0. The van der Waals surface area contributed by atoms with Gasteiger partial charge in [0.1, 0.15) is 0 Å². The highest BCUT2D eigenvalue weighted by Gasteiger charge is 2.28. The van der Waals surface area contributed by atoms with Crippen molar-refractivity contribution in [3.8, 4) is 0 Å². The molecule has 1 aliphatic heterocycles. The number of hydrogen-bond acceptors (Lipinski definition) is 2. The highest BCUT2D eigenvalue weighted by atomic mass is 32.1. The predicted molar refractivity (Wildman–Crippen MR) is 66.4 cm³/mol. The molecule has 0 spiro atoms. The summed E-state index contributed by atoms with van der Waals surface area (Å²) < 4.78 is 0. The van der Waals surface area contributed by atoms with Crippen molar-refractivity contribution < 1.29 is 0 Å². The zero-order valence-electron chi connectivity index (χ0n) is 8.76. The molecule has 1 saturated heterocycles. The van der Waals surface area contributed by atoms with Gasteiger partial charge in [0.05, 0.1) is 5.69 Å². The van der Waals surface area contributed by atoms with Gasteiger partial charge in [-0.15, -0.1) is 0 Å². The monoisotopic (exact) mass is 221 g/mol. The first kappa shape index (κ1) is 10.2. The number of thiocarbonyl (C=S) groups is 1. The van der Waals surface area contributed by atoms with Crippen LogP contribution in [0.5, 0.6) is 0 Å². The van der Waals surface area contributed by atoms with Gasteiger partial charge in [-0.05, 0) is 30.3 Å². The van der Waals surface area contributed by atoms with Crippen molar-refractivity contribution in [2.45, 2.75) is 6.92 Å². The largest absolute Gasteiger partial charge is 0.375 e. The van der Waals surface area contributed by atoms with E-state index < -0.39 is 0 Å². The van der Waals surface area contributed by atoms with E-state index in [1.54, 1.807) is 0 Å². The van der Waals surface area contributed by atoms with E-state index in [4.69, 9.17) is 18.0 Å². The fourth-order valence-electron chi connectivity index (χ4n) is 1.90. The molecular weight excluding hydrogens is 206 g/mol. The third-order valence-corrected chi connectivity index (χ3v) is 2.78. The molecule has 2 rings (SSSR count). The van der Waals surface area contributed by atoms with Gasteiger partial charge in [0.15, 0.2) is 5.11 Å². The number of rotatable bonds is 1. The van der Waals surface area contributed by atoms with Crippen LogP contribution in [0.15, 0.2) is 30.3 Å². The number of nitrogens with two attached hydrogens (primary N) is 1. The zero-order valence-corrected chi connectivity index (χ0v) is 9.57. The lowest BCUT2D eigenvalue weighted by atomic mass is 10.2. The second-order valence-corrected chi connectivity index (χ2v) is 4.36. The van der Waals surface area contributed by atoms with Gasteiger partial charge < -0.3 is 5.73 Å². The van der Waals surface area contributed by atoms with Crippen LogP contribution < -0.4 is 10.7 Å². The van der Waals surface area contributed by atoms with Crippen LogP contribution in [0.1, 0.15) is 6.92 Å². The Balaban J connectivity index is 2.24. The van der Waals surface area contributed by atoms with Crippen LogP contribution in [0, 0.1) is 5.92 Å². The number of hydrazine groups is 1. The molecule has 1 atom stereocenters. The molecule has 1 fully saturated rings. The van der Waals surface area contributed by atoms with Crippen molar-refractivity contribution >= 4 is 23.0 Å². The van der Waals surface area contributed by atoms with E-state index in [0.717, 1.165) is 18.8 Å². The van der Waals surface area contributed by atoms with Gasteiger partial charge in [0.25, 0.3) is 0 Å². The summed E-state index contributed by atoms with van der Waals surface area (Å²) in [6.45, 7) is 4.08. The van der Waals surface area contributed by atoms with Crippen molar-refractivity contribution in [2.24, 2.45) is 11.7 Å². The number of anilines is 1. The quantitative estimate of drug-likeness (QED) is 0.730. The number of para-hydroxylation sites is 1. The molecule has 3 nitrogen and oxygen atoms in total. The topological polar surface area (TPSA) is 32.5 Å². The van der Waals surface area contributed by atoms with E-state index >= 15 is 0 Å². The van der Waals surface area contributed by atoms with Gasteiger partial charge in [0, 0.05) is 13.1 Å². The number of benzene rings is 1. The van der Waals surface area contributed by atoms with E-state index in [1.807, 2.05) is 23.2 Å². The van der Waals surface area contributed by atoms with Gasteiger partial charge in [-0.2, -0.15) is 0 Å². The molecule has 4 heteroatoms. The van der Waals surface area contributed by atoms with E-state index in [1.165, 1.54) is 0 Å². The lowest BCUT2D eigenvalue weighted by Gasteiger charge is -2.29. The molecule has 0 aliphatic carbocycles. The summed E-state index contributed by atoms with van der Waals surface area (Å²) in [5, 5.41) is 4.56. The highest BCUT2D eigenvalue weighted by Crippen LogP contribution is 2.23. The first-order chi connectivity index (χ1) is 7.18. The molecule has 0 radical (unpaired) electrons. The van der Waals surface area contributed by atoms with Crippen LogP contribution in [0.4, 0.5) is 5.69 Å². The Kier molecular flexibility index (Phi) is 2.77. The fraction of sp³-hybridized carbons (Fsp3) is 0.364. The molecular formula is C11H15N3S. The molecule has 0 saturated carbocycles. The minimum atomic E-state index is 0.447. The second-order valence-electron chi connectivity index (χ2n) is 3.94. The van der Waals surface area contributed by atoms with Crippen molar-refractivity contribution in [2.75, 3.05) is 18.1 Å². The molecule has 0 bridgehead atoms. The lowest BCUT2D eigenvalue weighted by molar-refractivity contribution is 0.465. The van der Waals surface area contributed by atoms with Gasteiger partial charge >= 0.3 is 0 Å². The van der Waals surface area contributed by atoms with Crippen LogP contribution in [0.25, 0.3) is 0 Å². The Morgan fingerprint density at radius 1 is 1.33 bits per heavy atom. The first-order valence-corrected chi connectivity index (χ1v) is 5.49. The maximum absolute atomic E-state index is 5.70.